The van der Waals surface area contributed by atoms with E-state index in [0.717, 1.165) is 22.8 Å². The SMILES string of the molecule is CC(C)N(Cc1c[nH]cn1)c1cc(-c2ccccc2)ncn1. The van der Waals surface area contributed by atoms with Crippen molar-refractivity contribution in [1.29, 1.82) is 0 Å². The number of imidazole rings is 1. The minimum absolute atomic E-state index is 0.315. The first-order chi connectivity index (χ1) is 10.7. The van der Waals surface area contributed by atoms with Gasteiger partial charge in [-0.05, 0) is 13.8 Å². The Morgan fingerprint density at radius 3 is 2.59 bits per heavy atom. The summed E-state index contributed by atoms with van der Waals surface area (Å²) in [6.07, 6.45) is 5.23. The van der Waals surface area contributed by atoms with Crippen molar-refractivity contribution in [2.75, 3.05) is 4.90 Å². The molecule has 0 radical (unpaired) electrons. The fourth-order valence-corrected chi connectivity index (χ4v) is 2.35. The Morgan fingerprint density at radius 1 is 1.09 bits per heavy atom. The van der Waals surface area contributed by atoms with Crippen LogP contribution in [-0.4, -0.2) is 26.0 Å². The van der Waals surface area contributed by atoms with Crippen molar-refractivity contribution in [3.63, 3.8) is 0 Å². The van der Waals surface area contributed by atoms with Gasteiger partial charge in [0.15, 0.2) is 0 Å². The van der Waals surface area contributed by atoms with Crippen LogP contribution in [0.25, 0.3) is 11.3 Å². The molecule has 0 saturated heterocycles. The number of nitrogens with one attached hydrogen (secondary N) is 1. The molecule has 0 fully saturated rings. The number of benzene rings is 1. The quantitative estimate of drug-likeness (QED) is 0.784. The monoisotopic (exact) mass is 293 g/mol. The molecule has 2 aromatic heterocycles. The Bertz CT molecular complexity index is 707. The minimum Gasteiger partial charge on any atom is -0.351 e. The molecular formula is C17H19N5. The number of H-pyrrole nitrogens is 1. The summed E-state index contributed by atoms with van der Waals surface area (Å²) in [7, 11) is 0. The van der Waals surface area contributed by atoms with Gasteiger partial charge in [-0.3, -0.25) is 0 Å². The largest absolute Gasteiger partial charge is 0.351 e. The maximum absolute atomic E-state index is 4.44. The van der Waals surface area contributed by atoms with Gasteiger partial charge in [-0.15, -0.1) is 0 Å². The predicted octanol–water partition coefficient (Wildman–Crippen LogP) is 3.28. The van der Waals surface area contributed by atoms with Crippen molar-refractivity contribution < 1.29 is 0 Å². The molecule has 5 heteroatoms. The predicted molar refractivity (Wildman–Crippen MR) is 87.4 cm³/mol. The number of aromatic amines is 1. The van der Waals surface area contributed by atoms with E-state index in [2.05, 4.69) is 50.8 Å². The Balaban J connectivity index is 1.91. The maximum atomic E-state index is 4.44. The number of nitrogens with zero attached hydrogens (tertiary/aromatic N) is 4. The van der Waals surface area contributed by atoms with E-state index in [-0.39, 0.29) is 0 Å². The standard InChI is InChI=1S/C17H19N5/c1-13(2)22(10-15-9-18-11-19-15)17-8-16(20-12-21-17)14-6-4-3-5-7-14/h3-9,11-13H,10H2,1-2H3,(H,18,19). The van der Waals surface area contributed by atoms with Crippen LogP contribution in [0.2, 0.25) is 0 Å². The van der Waals surface area contributed by atoms with Crippen molar-refractivity contribution in [3.8, 4) is 11.3 Å². The minimum atomic E-state index is 0.315. The molecule has 0 bridgehead atoms. The summed E-state index contributed by atoms with van der Waals surface area (Å²) in [6.45, 7) is 5.01. The van der Waals surface area contributed by atoms with Crippen LogP contribution < -0.4 is 4.90 Å². The molecule has 0 aliphatic rings. The summed E-state index contributed by atoms with van der Waals surface area (Å²) in [4.78, 5) is 18.3. The summed E-state index contributed by atoms with van der Waals surface area (Å²) in [5.41, 5.74) is 3.02. The fraction of sp³-hybridized carbons (Fsp3) is 0.235. The van der Waals surface area contributed by atoms with Crippen molar-refractivity contribution >= 4 is 5.82 Å². The van der Waals surface area contributed by atoms with Gasteiger partial charge in [0, 0.05) is 23.9 Å². The third-order valence-corrected chi connectivity index (χ3v) is 3.53. The molecule has 0 spiro atoms. The highest BCUT2D eigenvalue weighted by Gasteiger charge is 2.14. The van der Waals surface area contributed by atoms with Gasteiger partial charge >= 0.3 is 0 Å². The lowest BCUT2D eigenvalue weighted by atomic mass is 10.1. The van der Waals surface area contributed by atoms with E-state index in [1.54, 1.807) is 12.7 Å². The lowest BCUT2D eigenvalue weighted by Gasteiger charge is -2.27. The van der Waals surface area contributed by atoms with E-state index in [1.807, 2.05) is 30.5 Å². The molecule has 0 amide bonds. The molecule has 22 heavy (non-hydrogen) atoms. The normalized spacial score (nSPS) is 10.9. The maximum Gasteiger partial charge on any atom is 0.133 e. The summed E-state index contributed by atoms with van der Waals surface area (Å²) >= 11 is 0. The summed E-state index contributed by atoms with van der Waals surface area (Å²) in [5, 5.41) is 0. The summed E-state index contributed by atoms with van der Waals surface area (Å²) in [6, 6.07) is 12.5. The molecule has 1 aromatic carbocycles. The van der Waals surface area contributed by atoms with Gasteiger partial charge in [-0.1, -0.05) is 30.3 Å². The van der Waals surface area contributed by atoms with E-state index in [1.165, 1.54) is 0 Å². The highest BCUT2D eigenvalue weighted by Crippen LogP contribution is 2.22. The second kappa shape index (κ2) is 6.39. The van der Waals surface area contributed by atoms with Crippen LogP contribution >= 0.6 is 0 Å². The van der Waals surface area contributed by atoms with E-state index in [0.29, 0.717) is 12.6 Å². The Hall–Kier alpha value is -2.69. The van der Waals surface area contributed by atoms with Crippen molar-refractivity contribution in [3.05, 3.63) is 60.9 Å². The first-order valence-corrected chi connectivity index (χ1v) is 7.36. The van der Waals surface area contributed by atoms with Crippen molar-refractivity contribution in [1.82, 2.24) is 19.9 Å². The highest BCUT2D eigenvalue weighted by molar-refractivity contribution is 5.62. The van der Waals surface area contributed by atoms with E-state index < -0.39 is 0 Å². The molecule has 3 aromatic rings. The van der Waals surface area contributed by atoms with Crippen molar-refractivity contribution in [2.24, 2.45) is 0 Å². The Morgan fingerprint density at radius 2 is 1.91 bits per heavy atom. The molecule has 3 rings (SSSR count). The van der Waals surface area contributed by atoms with Gasteiger partial charge in [0.05, 0.1) is 24.3 Å². The zero-order valence-corrected chi connectivity index (χ0v) is 12.8. The number of hydrogen-bond acceptors (Lipinski definition) is 4. The second-order valence-corrected chi connectivity index (χ2v) is 5.41. The van der Waals surface area contributed by atoms with Crippen LogP contribution in [0.3, 0.4) is 0 Å². The zero-order chi connectivity index (χ0) is 15.4. The molecule has 0 saturated carbocycles. The average Bonchev–Trinajstić information content (AvgIpc) is 3.06. The molecule has 0 aliphatic carbocycles. The summed E-state index contributed by atoms with van der Waals surface area (Å²) in [5.74, 6) is 0.909. The number of rotatable bonds is 5. The molecule has 0 unspecified atom stereocenters. The Kier molecular flexibility index (Phi) is 4.14. The van der Waals surface area contributed by atoms with Crippen LogP contribution in [0.15, 0.2) is 55.2 Å². The van der Waals surface area contributed by atoms with Gasteiger partial charge < -0.3 is 9.88 Å². The van der Waals surface area contributed by atoms with Crippen LogP contribution in [0, 0.1) is 0 Å². The molecular weight excluding hydrogens is 274 g/mol. The van der Waals surface area contributed by atoms with Gasteiger partial charge in [0.25, 0.3) is 0 Å². The smallest absolute Gasteiger partial charge is 0.133 e. The third kappa shape index (κ3) is 3.14. The van der Waals surface area contributed by atoms with Crippen LogP contribution in [0.4, 0.5) is 5.82 Å². The lowest BCUT2D eigenvalue weighted by molar-refractivity contribution is 0.665. The fourth-order valence-electron chi connectivity index (χ4n) is 2.35. The number of anilines is 1. The van der Waals surface area contributed by atoms with Crippen LogP contribution in [0.1, 0.15) is 19.5 Å². The first-order valence-electron chi connectivity index (χ1n) is 7.36. The molecule has 0 atom stereocenters. The molecule has 2 heterocycles. The van der Waals surface area contributed by atoms with Gasteiger partial charge in [-0.2, -0.15) is 0 Å². The first kappa shape index (κ1) is 14.3. The third-order valence-electron chi connectivity index (χ3n) is 3.53. The van der Waals surface area contributed by atoms with Crippen molar-refractivity contribution in [2.45, 2.75) is 26.4 Å². The van der Waals surface area contributed by atoms with E-state index in [9.17, 15) is 0 Å². The van der Waals surface area contributed by atoms with E-state index >= 15 is 0 Å². The highest BCUT2D eigenvalue weighted by atomic mass is 15.2. The van der Waals surface area contributed by atoms with Gasteiger partial charge in [-0.25, -0.2) is 15.0 Å². The lowest BCUT2D eigenvalue weighted by Crippen LogP contribution is -2.31. The topological polar surface area (TPSA) is 57.7 Å². The average molecular weight is 293 g/mol. The van der Waals surface area contributed by atoms with Gasteiger partial charge in [0.2, 0.25) is 0 Å². The zero-order valence-electron chi connectivity index (χ0n) is 12.8. The molecule has 0 aliphatic heterocycles. The molecule has 112 valence electrons. The number of aromatic nitrogens is 4. The van der Waals surface area contributed by atoms with E-state index in [4.69, 9.17) is 0 Å². The Labute approximate surface area is 130 Å². The van der Waals surface area contributed by atoms with Gasteiger partial charge in [0.1, 0.15) is 12.1 Å². The number of hydrogen-bond donors (Lipinski definition) is 1. The summed E-state index contributed by atoms with van der Waals surface area (Å²) < 4.78 is 0. The van der Waals surface area contributed by atoms with Crippen LogP contribution in [-0.2, 0) is 6.54 Å². The van der Waals surface area contributed by atoms with Crippen LogP contribution in [0.5, 0.6) is 0 Å². The second-order valence-electron chi connectivity index (χ2n) is 5.41. The molecule has 5 nitrogen and oxygen atoms in total. The molecule has 1 N–H and O–H groups in total.